The molecule has 2 atom stereocenters. The van der Waals surface area contributed by atoms with Crippen LogP contribution in [0, 0.1) is 0 Å². The van der Waals surface area contributed by atoms with Gasteiger partial charge in [0, 0.05) is 10.5 Å². The summed E-state index contributed by atoms with van der Waals surface area (Å²) in [7, 11) is -3.56. The molecule has 2 unspecified atom stereocenters. The van der Waals surface area contributed by atoms with E-state index in [-0.39, 0.29) is 10.9 Å². The van der Waals surface area contributed by atoms with Crippen LogP contribution < -0.4 is 4.72 Å². The normalized spacial score (nSPS) is 24.9. The Kier molecular flexibility index (Phi) is 5.00. The second kappa shape index (κ2) is 6.35. The minimum absolute atomic E-state index is 0.229. The number of aliphatic hydroxyl groups is 1. The predicted molar refractivity (Wildman–Crippen MR) is 77.3 cm³/mol. The van der Waals surface area contributed by atoms with Gasteiger partial charge in [-0.15, -0.1) is 0 Å². The zero-order valence-electron chi connectivity index (χ0n) is 10.5. The standard InChI is InChI=1S/C13H18BrNO3S/c14-10-6-8-11(9-7-10)19(17,18)15-12-4-2-1-3-5-13(12)16/h6-9,12-13,15-16H,1-5H2. The van der Waals surface area contributed by atoms with Crippen LogP contribution >= 0.6 is 15.9 Å². The summed E-state index contributed by atoms with van der Waals surface area (Å²) in [5.41, 5.74) is 0. The highest BCUT2D eigenvalue weighted by atomic mass is 79.9. The molecule has 19 heavy (non-hydrogen) atoms. The maximum atomic E-state index is 12.2. The van der Waals surface area contributed by atoms with Gasteiger partial charge in [-0.2, -0.15) is 0 Å². The summed E-state index contributed by atoms with van der Waals surface area (Å²) in [6, 6.07) is 6.11. The van der Waals surface area contributed by atoms with Gasteiger partial charge in [-0.1, -0.05) is 35.2 Å². The lowest BCUT2D eigenvalue weighted by molar-refractivity contribution is 0.130. The molecule has 0 radical (unpaired) electrons. The van der Waals surface area contributed by atoms with Crippen molar-refractivity contribution in [2.45, 2.75) is 49.1 Å². The molecule has 2 N–H and O–H groups in total. The first-order valence-corrected chi connectivity index (χ1v) is 8.72. The minimum Gasteiger partial charge on any atom is -0.391 e. The van der Waals surface area contributed by atoms with Gasteiger partial charge < -0.3 is 5.11 Å². The Labute approximate surface area is 122 Å². The van der Waals surface area contributed by atoms with E-state index < -0.39 is 16.1 Å². The average molecular weight is 348 g/mol. The number of sulfonamides is 1. The van der Waals surface area contributed by atoms with Gasteiger partial charge >= 0.3 is 0 Å². The van der Waals surface area contributed by atoms with Crippen molar-refractivity contribution in [3.8, 4) is 0 Å². The van der Waals surface area contributed by atoms with Crippen LogP contribution in [0.5, 0.6) is 0 Å². The van der Waals surface area contributed by atoms with Crippen LogP contribution in [0.25, 0.3) is 0 Å². The van der Waals surface area contributed by atoms with Gasteiger partial charge in [-0.05, 0) is 37.1 Å². The van der Waals surface area contributed by atoms with E-state index in [1.807, 2.05) is 0 Å². The zero-order chi connectivity index (χ0) is 13.9. The van der Waals surface area contributed by atoms with Crippen LogP contribution in [0.1, 0.15) is 32.1 Å². The lowest BCUT2D eigenvalue weighted by atomic mass is 10.1. The van der Waals surface area contributed by atoms with E-state index in [9.17, 15) is 13.5 Å². The Balaban J connectivity index is 2.13. The topological polar surface area (TPSA) is 66.4 Å². The Hall–Kier alpha value is -0.430. The molecule has 6 heteroatoms. The van der Waals surface area contributed by atoms with Gasteiger partial charge in [0.15, 0.2) is 0 Å². The van der Waals surface area contributed by atoms with Crippen molar-refractivity contribution >= 4 is 26.0 Å². The highest BCUT2D eigenvalue weighted by Gasteiger charge is 2.26. The molecule has 1 aliphatic rings. The van der Waals surface area contributed by atoms with Crippen molar-refractivity contribution in [1.82, 2.24) is 4.72 Å². The van der Waals surface area contributed by atoms with Crippen LogP contribution in [-0.4, -0.2) is 25.7 Å². The van der Waals surface area contributed by atoms with Crippen LogP contribution in [0.3, 0.4) is 0 Å². The second-order valence-corrected chi connectivity index (χ2v) is 7.52. The van der Waals surface area contributed by atoms with Gasteiger partial charge in [-0.25, -0.2) is 13.1 Å². The van der Waals surface area contributed by atoms with E-state index in [0.29, 0.717) is 12.8 Å². The van der Waals surface area contributed by atoms with E-state index in [2.05, 4.69) is 20.7 Å². The first-order valence-electron chi connectivity index (χ1n) is 6.45. The van der Waals surface area contributed by atoms with E-state index in [1.165, 1.54) is 0 Å². The van der Waals surface area contributed by atoms with E-state index in [4.69, 9.17) is 0 Å². The number of nitrogens with one attached hydrogen (secondary N) is 1. The summed E-state index contributed by atoms with van der Waals surface area (Å²) in [5.74, 6) is 0. The monoisotopic (exact) mass is 347 g/mol. The summed E-state index contributed by atoms with van der Waals surface area (Å²) in [6.07, 6.45) is 3.72. The van der Waals surface area contributed by atoms with E-state index in [1.54, 1.807) is 24.3 Å². The minimum atomic E-state index is -3.56. The van der Waals surface area contributed by atoms with Crippen LogP contribution in [0.2, 0.25) is 0 Å². The van der Waals surface area contributed by atoms with E-state index >= 15 is 0 Å². The van der Waals surface area contributed by atoms with Crippen LogP contribution in [0.4, 0.5) is 0 Å². The maximum absolute atomic E-state index is 12.2. The summed E-state index contributed by atoms with van der Waals surface area (Å²) >= 11 is 3.28. The third-order valence-electron chi connectivity index (χ3n) is 3.41. The number of hydrogen-bond acceptors (Lipinski definition) is 3. The van der Waals surface area contributed by atoms with Gasteiger partial charge in [0.2, 0.25) is 10.0 Å². The lowest BCUT2D eigenvalue weighted by Gasteiger charge is -2.21. The molecule has 2 rings (SSSR count). The van der Waals surface area contributed by atoms with Crippen molar-refractivity contribution in [3.63, 3.8) is 0 Å². The predicted octanol–water partition coefficient (Wildman–Crippen LogP) is 2.42. The lowest BCUT2D eigenvalue weighted by Crippen LogP contribution is -2.42. The zero-order valence-corrected chi connectivity index (χ0v) is 13.0. The third-order valence-corrected chi connectivity index (χ3v) is 5.44. The number of rotatable bonds is 3. The highest BCUT2D eigenvalue weighted by molar-refractivity contribution is 9.10. The molecule has 1 saturated carbocycles. The van der Waals surface area contributed by atoms with Crippen molar-refractivity contribution in [2.24, 2.45) is 0 Å². The molecule has 106 valence electrons. The van der Waals surface area contributed by atoms with Crippen LogP contribution in [-0.2, 0) is 10.0 Å². The molecule has 0 spiro atoms. The summed E-state index contributed by atoms with van der Waals surface area (Å²) in [4.78, 5) is 0.229. The fourth-order valence-corrected chi connectivity index (χ4v) is 3.87. The number of benzene rings is 1. The molecule has 0 amide bonds. The van der Waals surface area contributed by atoms with Crippen LogP contribution in [0.15, 0.2) is 33.6 Å². The Morgan fingerprint density at radius 3 is 2.42 bits per heavy atom. The Bertz CT molecular complexity index is 515. The molecule has 0 heterocycles. The Morgan fingerprint density at radius 2 is 1.74 bits per heavy atom. The molecule has 0 saturated heterocycles. The largest absolute Gasteiger partial charge is 0.391 e. The third kappa shape index (κ3) is 4.02. The molecular weight excluding hydrogens is 330 g/mol. The number of halogens is 1. The van der Waals surface area contributed by atoms with Gasteiger partial charge in [0.25, 0.3) is 0 Å². The summed E-state index contributed by atoms with van der Waals surface area (Å²) < 4.78 is 27.9. The quantitative estimate of drug-likeness (QED) is 0.825. The molecule has 1 aliphatic carbocycles. The van der Waals surface area contributed by atoms with Gasteiger partial charge in [-0.3, -0.25) is 0 Å². The van der Waals surface area contributed by atoms with E-state index in [0.717, 1.165) is 23.7 Å². The molecule has 0 aliphatic heterocycles. The first-order chi connectivity index (χ1) is 8.99. The fraction of sp³-hybridized carbons (Fsp3) is 0.538. The van der Waals surface area contributed by atoms with Gasteiger partial charge in [0.05, 0.1) is 11.0 Å². The molecule has 1 aromatic carbocycles. The first kappa shape index (κ1) is 15.0. The molecule has 0 aromatic heterocycles. The highest BCUT2D eigenvalue weighted by Crippen LogP contribution is 2.21. The second-order valence-electron chi connectivity index (χ2n) is 4.89. The molecule has 4 nitrogen and oxygen atoms in total. The van der Waals surface area contributed by atoms with Gasteiger partial charge in [0.1, 0.15) is 0 Å². The Morgan fingerprint density at radius 1 is 1.11 bits per heavy atom. The number of aliphatic hydroxyl groups excluding tert-OH is 1. The van der Waals surface area contributed by atoms with Crippen molar-refractivity contribution in [1.29, 1.82) is 0 Å². The van der Waals surface area contributed by atoms with Crippen molar-refractivity contribution in [3.05, 3.63) is 28.7 Å². The average Bonchev–Trinajstić information content (AvgIpc) is 2.55. The fourth-order valence-electron chi connectivity index (χ4n) is 2.31. The maximum Gasteiger partial charge on any atom is 0.240 e. The SMILES string of the molecule is O=S(=O)(NC1CCCCCC1O)c1ccc(Br)cc1. The number of hydrogen-bond donors (Lipinski definition) is 2. The van der Waals surface area contributed by atoms with Crippen molar-refractivity contribution in [2.75, 3.05) is 0 Å². The molecular formula is C13H18BrNO3S. The smallest absolute Gasteiger partial charge is 0.240 e. The summed E-state index contributed by atoms with van der Waals surface area (Å²) in [6.45, 7) is 0. The molecule has 1 aromatic rings. The van der Waals surface area contributed by atoms with Crippen molar-refractivity contribution < 1.29 is 13.5 Å². The summed E-state index contributed by atoms with van der Waals surface area (Å²) in [5, 5.41) is 9.97. The molecule has 1 fully saturated rings. The molecule has 0 bridgehead atoms.